The van der Waals surface area contributed by atoms with Gasteiger partial charge in [0.15, 0.2) is 0 Å². The van der Waals surface area contributed by atoms with Crippen molar-refractivity contribution in [3.63, 3.8) is 0 Å². The lowest BCUT2D eigenvalue weighted by Crippen LogP contribution is -2.19. The minimum atomic E-state index is 0.863. The standard InChI is InChI=1S/C23H25N/c1-5-20-18(3)10-8-9-15-24(22-12-7-6-11-19(22)4)23-16-17(2)13-14-21(20)23/h5-14,16H,15H2,1-4H3/b9-8-,18-10-,20-5+. The molecule has 3 rings (SSSR count). The average molecular weight is 315 g/mol. The van der Waals surface area contributed by atoms with E-state index in [9.17, 15) is 0 Å². The number of nitrogens with zero attached hydrogens (tertiary/aromatic N) is 1. The van der Waals surface area contributed by atoms with Gasteiger partial charge >= 0.3 is 0 Å². The molecule has 0 saturated carbocycles. The molecule has 1 aliphatic heterocycles. The molecule has 0 atom stereocenters. The van der Waals surface area contributed by atoms with Crippen molar-refractivity contribution in [3.05, 3.63) is 89.0 Å². The molecule has 0 fully saturated rings. The smallest absolute Gasteiger partial charge is 0.0496 e. The summed E-state index contributed by atoms with van der Waals surface area (Å²) in [6.07, 6.45) is 8.83. The van der Waals surface area contributed by atoms with Crippen molar-refractivity contribution in [2.24, 2.45) is 0 Å². The summed E-state index contributed by atoms with van der Waals surface area (Å²) in [5, 5.41) is 0. The van der Waals surface area contributed by atoms with E-state index in [0.29, 0.717) is 0 Å². The van der Waals surface area contributed by atoms with Crippen LogP contribution in [0.5, 0.6) is 0 Å². The van der Waals surface area contributed by atoms with E-state index in [1.807, 2.05) is 0 Å². The van der Waals surface area contributed by atoms with Crippen molar-refractivity contribution in [1.82, 2.24) is 0 Å². The summed E-state index contributed by atoms with van der Waals surface area (Å²) in [5.41, 5.74) is 9.02. The summed E-state index contributed by atoms with van der Waals surface area (Å²) < 4.78 is 0. The van der Waals surface area contributed by atoms with E-state index in [0.717, 1.165) is 6.54 Å². The lowest BCUT2D eigenvalue weighted by Gasteiger charge is -2.28. The molecule has 0 aromatic heterocycles. The van der Waals surface area contributed by atoms with Gasteiger partial charge in [-0.25, -0.2) is 0 Å². The summed E-state index contributed by atoms with van der Waals surface area (Å²) in [4.78, 5) is 2.42. The Morgan fingerprint density at radius 3 is 2.50 bits per heavy atom. The van der Waals surface area contributed by atoms with Crippen molar-refractivity contribution in [2.45, 2.75) is 27.7 Å². The highest BCUT2D eigenvalue weighted by Gasteiger charge is 2.18. The summed E-state index contributed by atoms with van der Waals surface area (Å²) in [6, 6.07) is 15.4. The molecule has 0 N–H and O–H groups in total. The first-order chi connectivity index (χ1) is 11.6. The van der Waals surface area contributed by atoms with Crippen molar-refractivity contribution >= 4 is 16.9 Å². The van der Waals surface area contributed by atoms with Crippen LogP contribution in [0.15, 0.2) is 72.3 Å². The Kier molecular flexibility index (Phi) is 4.71. The molecule has 0 aliphatic carbocycles. The van der Waals surface area contributed by atoms with Gasteiger partial charge in [-0.2, -0.15) is 0 Å². The van der Waals surface area contributed by atoms with E-state index in [1.165, 1.54) is 39.2 Å². The van der Waals surface area contributed by atoms with Crippen molar-refractivity contribution in [2.75, 3.05) is 11.4 Å². The van der Waals surface area contributed by atoms with Crippen LogP contribution < -0.4 is 4.90 Å². The van der Waals surface area contributed by atoms with E-state index in [1.54, 1.807) is 0 Å². The van der Waals surface area contributed by atoms with Crippen molar-refractivity contribution in [3.8, 4) is 0 Å². The molecular weight excluding hydrogens is 290 g/mol. The number of fused-ring (bicyclic) bond motifs is 1. The number of anilines is 2. The molecule has 1 nitrogen and oxygen atoms in total. The maximum atomic E-state index is 2.42. The van der Waals surface area contributed by atoms with E-state index in [4.69, 9.17) is 0 Å². The third kappa shape index (κ3) is 3.07. The lowest BCUT2D eigenvalue weighted by molar-refractivity contribution is 1.08. The van der Waals surface area contributed by atoms with Gasteiger partial charge in [0.2, 0.25) is 0 Å². The molecule has 1 heterocycles. The van der Waals surface area contributed by atoms with Crippen LogP contribution in [0.4, 0.5) is 11.4 Å². The zero-order valence-electron chi connectivity index (χ0n) is 15.0. The Labute approximate surface area is 145 Å². The molecule has 0 unspecified atom stereocenters. The van der Waals surface area contributed by atoms with Crippen LogP contribution in [-0.2, 0) is 0 Å². The van der Waals surface area contributed by atoms with E-state index < -0.39 is 0 Å². The molecule has 1 heteroatoms. The molecule has 0 spiro atoms. The Hall–Kier alpha value is -2.54. The third-order valence-corrected chi connectivity index (χ3v) is 4.62. The topological polar surface area (TPSA) is 3.24 Å². The van der Waals surface area contributed by atoms with E-state index in [-0.39, 0.29) is 0 Å². The molecule has 0 bridgehead atoms. The highest BCUT2D eigenvalue weighted by Crippen LogP contribution is 2.37. The number of hydrogen-bond donors (Lipinski definition) is 0. The zero-order chi connectivity index (χ0) is 17.1. The first kappa shape index (κ1) is 16.3. The van der Waals surface area contributed by atoms with Crippen LogP contribution in [0, 0.1) is 13.8 Å². The van der Waals surface area contributed by atoms with Gasteiger partial charge in [-0.05, 0) is 62.1 Å². The quantitative estimate of drug-likeness (QED) is 0.591. The number of rotatable bonds is 1. The largest absolute Gasteiger partial charge is 0.337 e. The molecular formula is C23H25N. The third-order valence-electron chi connectivity index (χ3n) is 4.62. The maximum Gasteiger partial charge on any atom is 0.0496 e. The number of hydrogen-bond acceptors (Lipinski definition) is 1. The van der Waals surface area contributed by atoms with Crippen LogP contribution in [-0.4, -0.2) is 6.54 Å². The second-order valence-electron chi connectivity index (χ2n) is 6.40. The average Bonchev–Trinajstić information content (AvgIpc) is 2.63. The van der Waals surface area contributed by atoms with Gasteiger partial charge in [0.1, 0.15) is 0 Å². The number of aryl methyl sites for hydroxylation is 2. The number of allylic oxidation sites excluding steroid dienone is 5. The predicted octanol–water partition coefficient (Wildman–Crippen LogP) is 6.36. The fourth-order valence-corrected chi connectivity index (χ4v) is 3.35. The molecule has 2 aromatic rings. The molecule has 1 aliphatic rings. The molecule has 122 valence electrons. The fourth-order valence-electron chi connectivity index (χ4n) is 3.35. The second-order valence-corrected chi connectivity index (χ2v) is 6.40. The highest BCUT2D eigenvalue weighted by atomic mass is 15.1. The molecule has 2 aromatic carbocycles. The molecule has 0 saturated heterocycles. The van der Waals surface area contributed by atoms with Gasteiger partial charge in [0, 0.05) is 23.5 Å². The summed E-state index contributed by atoms with van der Waals surface area (Å²) >= 11 is 0. The normalized spacial score (nSPS) is 19.8. The van der Waals surface area contributed by atoms with Gasteiger partial charge in [-0.15, -0.1) is 0 Å². The number of benzene rings is 2. The van der Waals surface area contributed by atoms with Crippen LogP contribution >= 0.6 is 0 Å². The first-order valence-corrected chi connectivity index (χ1v) is 8.56. The van der Waals surface area contributed by atoms with Gasteiger partial charge in [-0.3, -0.25) is 0 Å². The lowest BCUT2D eigenvalue weighted by atomic mass is 9.95. The van der Waals surface area contributed by atoms with Crippen LogP contribution in [0.2, 0.25) is 0 Å². The van der Waals surface area contributed by atoms with Crippen LogP contribution in [0.25, 0.3) is 5.57 Å². The van der Waals surface area contributed by atoms with Crippen molar-refractivity contribution < 1.29 is 0 Å². The van der Waals surface area contributed by atoms with E-state index >= 15 is 0 Å². The summed E-state index contributed by atoms with van der Waals surface area (Å²) in [7, 11) is 0. The summed E-state index contributed by atoms with van der Waals surface area (Å²) in [6.45, 7) is 9.52. The SMILES string of the molecule is C\C=C1/C(C)=C\C=C/CN(c2ccccc2C)c2cc(C)ccc21. The summed E-state index contributed by atoms with van der Waals surface area (Å²) in [5.74, 6) is 0. The van der Waals surface area contributed by atoms with Gasteiger partial charge in [0.05, 0.1) is 0 Å². The minimum absolute atomic E-state index is 0.863. The Bertz CT molecular complexity index is 837. The van der Waals surface area contributed by atoms with Crippen molar-refractivity contribution in [1.29, 1.82) is 0 Å². The Balaban J connectivity index is 2.27. The fraction of sp³-hybridized carbons (Fsp3) is 0.217. The Morgan fingerprint density at radius 2 is 1.75 bits per heavy atom. The zero-order valence-corrected chi connectivity index (χ0v) is 15.0. The molecule has 0 amide bonds. The predicted molar refractivity (Wildman–Crippen MR) is 106 cm³/mol. The number of para-hydroxylation sites is 1. The minimum Gasteiger partial charge on any atom is -0.337 e. The monoisotopic (exact) mass is 315 g/mol. The van der Waals surface area contributed by atoms with Gasteiger partial charge < -0.3 is 4.90 Å². The van der Waals surface area contributed by atoms with Crippen LogP contribution in [0.1, 0.15) is 30.5 Å². The molecule has 0 radical (unpaired) electrons. The highest BCUT2D eigenvalue weighted by molar-refractivity contribution is 5.88. The van der Waals surface area contributed by atoms with Crippen LogP contribution in [0.3, 0.4) is 0 Å². The van der Waals surface area contributed by atoms with Gasteiger partial charge in [0.25, 0.3) is 0 Å². The first-order valence-electron chi connectivity index (χ1n) is 8.56. The second kappa shape index (κ2) is 6.92. The maximum absolute atomic E-state index is 2.42. The van der Waals surface area contributed by atoms with Gasteiger partial charge in [-0.1, -0.05) is 54.6 Å². The van der Waals surface area contributed by atoms with E-state index in [2.05, 4.69) is 99.4 Å². The molecule has 24 heavy (non-hydrogen) atoms. The Morgan fingerprint density at radius 1 is 0.958 bits per heavy atom.